The van der Waals surface area contributed by atoms with Gasteiger partial charge in [-0.2, -0.15) is 0 Å². The molecule has 2 unspecified atom stereocenters. The van der Waals surface area contributed by atoms with Crippen LogP contribution >= 0.6 is 0 Å². The fourth-order valence-corrected chi connectivity index (χ4v) is 2.21. The second-order valence-corrected chi connectivity index (χ2v) is 5.37. The average molecular weight is 248 g/mol. The molecule has 1 heterocycles. The van der Waals surface area contributed by atoms with Crippen LogP contribution in [-0.2, 0) is 6.42 Å². The van der Waals surface area contributed by atoms with E-state index in [4.69, 9.17) is 0 Å². The standard InChI is InChI=1S/C16H28N2/c1-5-9-17-15(11-13(3)6-2)12-16-14(4)8-7-10-18-16/h7-8,10,13,15,17H,5-6,9,11-12H2,1-4H3. The van der Waals surface area contributed by atoms with Gasteiger partial charge in [-0.15, -0.1) is 0 Å². The molecule has 0 aliphatic rings. The molecule has 0 radical (unpaired) electrons. The van der Waals surface area contributed by atoms with Crippen LogP contribution in [0.25, 0.3) is 0 Å². The van der Waals surface area contributed by atoms with Gasteiger partial charge in [0.25, 0.3) is 0 Å². The molecular formula is C16H28N2. The summed E-state index contributed by atoms with van der Waals surface area (Å²) < 4.78 is 0. The van der Waals surface area contributed by atoms with E-state index in [0.29, 0.717) is 6.04 Å². The third-order valence-electron chi connectivity index (χ3n) is 3.62. The number of pyridine rings is 1. The molecule has 2 atom stereocenters. The lowest BCUT2D eigenvalue weighted by atomic mass is 9.95. The maximum atomic E-state index is 4.52. The number of rotatable bonds is 8. The van der Waals surface area contributed by atoms with Gasteiger partial charge in [-0.1, -0.05) is 33.3 Å². The highest BCUT2D eigenvalue weighted by Gasteiger charge is 2.14. The molecule has 1 rings (SSSR count). The monoisotopic (exact) mass is 248 g/mol. The summed E-state index contributed by atoms with van der Waals surface area (Å²) in [5, 5.41) is 3.67. The van der Waals surface area contributed by atoms with Gasteiger partial charge in [0, 0.05) is 24.4 Å². The molecule has 1 aromatic heterocycles. The first-order valence-corrected chi connectivity index (χ1v) is 7.31. The first-order chi connectivity index (χ1) is 8.67. The summed E-state index contributed by atoms with van der Waals surface area (Å²) >= 11 is 0. The molecule has 0 aliphatic carbocycles. The molecule has 0 aromatic carbocycles. The Morgan fingerprint density at radius 2 is 2.11 bits per heavy atom. The van der Waals surface area contributed by atoms with Crippen LogP contribution in [0.2, 0.25) is 0 Å². The van der Waals surface area contributed by atoms with Gasteiger partial charge in [-0.05, 0) is 43.9 Å². The van der Waals surface area contributed by atoms with Crippen molar-refractivity contribution in [1.29, 1.82) is 0 Å². The van der Waals surface area contributed by atoms with Gasteiger partial charge >= 0.3 is 0 Å². The molecule has 1 aromatic rings. The predicted molar refractivity (Wildman–Crippen MR) is 78.8 cm³/mol. The maximum absolute atomic E-state index is 4.52. The minimum Gasteiger partial charge on any atom is -0.314 e. The molecule has 102 valence electrons. The minimum absolute atomic E-state index is 0.563. The Bertz CT molecular complexity index is 336. The van der Waals surface area contributed by atoms with Crippen LogP contribution < -0.4 is 5.32 Å². The van der Waals surface area contributed by atoms with Crippen molar-refractivity contribution in [2.75, 3.05) is 6.54 Å². The number of aryl methyl sites for hydroxylation is 1. The van der Waals surface area contributed by atoms with Crippen molar-refractivity contribution >= 4 is 0 Å². The summed E-state index contributed by atoms with van der Waals surface area (Å²) in [6, 6.07) is 4.73. The van der Waals surface area contributed by atoms with E-state index < -0.39 is 0 Å². The van der Waals surface area contributed by atoms with E-state index in [1.807, 2.05) is 12.3 Å². The zero-order chi connectivity index (χ0) is 13.4. The van der Waals surface area contributed by atoms with Crippen LogP contribution in [-0.4, -0.2) is 17.6 Å². The Balaban J connectivity index is 2.62. The van der Waals surface area contributed by atoms with Gasteiger partial charge in [-0.25, -0.2) is 0 Å². The van der Waals surface area contributed by atoms with Crippen LogP contribution in [0.5, 0.6) is 0 Å². The van der Waals surface area contributed by atoms with Gasteiger partial charge in [0.1, 0.15) is 0 Å². The summed E-state index contributed by atoms with van der Waals surface area (Å²) in [4.78, 5) is 4.52. The fraction of sp³-hybridized carbons (Fsp3) is 0.688. The maximum Gasteiger partial charge on any atom is 0.0448 e. The van der Waals surface area contributed by atoms with Gasteiger partial charge in [0.05, 0.1) is 0 Å². The molecule has 0 fully saturated rings. The molecular weight excluding hydrogens is 220 g/mol. The van der Waals surface area contributed by atoms with Crippen molar-refractivity contribution in [3.8, 4) is 0 Å². The highest BCUT2D eigenvalue weighted by molar-refractivity contribution is 5.18. The molecule has 0 spiro atoms. The largest absolute Gasteiger partial charge is 0.314 e. The predicted octanol–water partition coefficient (Wildman–Crippen LogP) is 3.74. The summed E-state index contributed by atoms with van der Waals surface area (Å²) in [5.41, 5.74) is 2.55. The molecule has 0 saturated carbocycles. The molecule has 2 heteroatoms. The van der Waals surface area contributed by atoms with Gasteiger partial charge in [-0.3, -0.25) is 4.98 Å². The van der Waals surface area contributed by atoms with Crippen LogP contribution in [0.3, 0.4) is 0 Å². The normalized spacial score (nSPS) is 14.4. The van der Waals surface area contributed by atoms with Gasteiger partial charge in [0.2, 0.25) is 0 Å². The first kappa shape index (κ1) is 15.2. The molecule has 2 nitrogen and oxygen atoms in total. The fourth-order valence-electron chi connectivity index (χ4n) is 2.21. The highest BCUT2D eigenvalue weighted by Crippen LogP contribution is 2.15. The zero-order valence-corrected chi connectivity index (χ0v) is 12.4. The first-order valence-electron chi connectivity index (χ1n) is 7.31. The highest BCUT2D eigenvalue weighted by atomic mass is 14.9. The SMILES string of the molecule is CCCNC(Cc1ncccc1C)CC(C)CC. The summed E-state index contributed by atoms with van der Waals surface area (Å²) in [6.07, 6.45) is 6.65. The molecule has 0 saturated heterocycles. The van der Waals surface area contributed by atoms with Crippen LogP contribution in [0.4, 0.5) is 0 Å². The molecule has 18 heavy (non-hydrogen) atoms. The van der Waals surface area contributed by atoms with Crippen molar-refractivity contribution in [2.24, 2.45) is 5.92 Å². The van der Waals surface area contributed by atoms with Gasteiger partial charge < -0.3 is 5.32 Å². The second kappa shape index (κ2) is 8.25. The van der Waals surface area contributed by atoms with E-state index in [2.05, 4.69) is 44.1 Å². The third kappa shape index (κ3) is 5.18. The smallest absolute Gasteiger partial charge is 0.0448 e. The number of aromatic nitrogens is 1. The Morgan fingerprint density at radius 1 is 1.33 bits per heavy atom. The number of nitrogens with one attached hydrogen (secondary N) is 1. The van der Waals surface area contributed by atoms with Crippen molar-refractivity contribution in [1.82, 2.24) is 10.3 Å². The summed E-state index contributed by atoms with van der Waals surface area (Å²) in [7, 11) is 0. The molecule has 1 N–H and O–H groups in total. The lowest BCUT2D eigenvalue weighted by molar-refractivity contribution is 0.389. The number of hydrogen-bond donors (Lipinski definition) is 1. The lowest BCUT2D eigenvalue weighted by Gasteiger charge is -2.22. The Morgan fingerprint density at radius 3 is 2.72 bits per heavy atom. The number of nitrogens with zero attached hydrogens (tertiary/aromatic N) is 1. The Kier molecular flexibility index (Phi) is 6.96. The van der Waals surface area contributed by atoms with Crippen LogP contribution in [0.15, 0.2) is 18.3 Å². The van der Waals surface area contributed by atoms with E-state index >= 15 is 0 Å². The number of hydrogen-bond acceptors (Lipinski definition) is 2. The van der Waals surface area contributed by atoms with Crippen LogP contribution in [0, 0.1) is 12.8 Å². The topological polar surface area (TPSA) is 24.9 Å². The Labute approximate surface area is 112 Å². The molecule has 0 aliphatic heterocycles. The van der Waals surface area contributed by atoms with E-state index in [-0.39, 0.29) is 0 Å². The van der Waals surface area contributed by atoms with Crippen LogP contribution in [0.1, 0.15) is 51.3 Å². The van der Waals surface area contributed by atoms with E-state index in [9.17, 15) is 0 Å². The minimum atomic E-state index is 0.563. The average Bonchev–Trinajstić information content (AvgIpc) is 2.38. The van der Waals surface area contributed by atoms with Crippen molar-refractivity contribution in [3.63, 3.8) is 0 Å². The molecule has 0 bridgehead atoms. The molecule has 0 amide bonds. The lowest BCUT2D eigenvalue weighted by Crippen LogP contribution is -2.33. The Hall–Kier alpha value is -0.890. The van der Waals surface area contributed by atoms with E-state index in [1.165, 1.54) is 30.5 Å². The van der Waals surface area contributed by atoms with Crippen molar-refractivity contribution in [3.05, 3.63) is 29.6 Å². The van der Waals surface area contributed by atoms with Crippen molar-refractivity contribution < 1.29 is 0 Å². The van der Waals surface area contributed by atoms with Gasteiger partial charge in [0.15, 0.2) is 0 Å². The quantitative estimate of drug-likeness (QED) is 0.758. The third-order valence-corrected chi connectivity index (χ3v) is 3.62. The van der Waals surface area contributed by atoms with E-state index in [0.717, 1.165) is 18.9 Å². The zero-order valence-electron chi connectivity index (χ0n) is 12.4. The summed E-state index contributed by atoms with van der Waals surface area (Å²) in [6.45, 7) is 10.1. The summed E-state index contributed by atoms with van der Waals surface area (Å²) in [5.74, 6) is 0.781. The van der Waals surface area contributed by atoms with Crippen molar-refractivity contribution in [2.45, 2.75) is 59.4 Å². The second-order valence-electron chi connectivity index (χ2n) is 5.37. The van der Waals surface area contributed by atoms with E-state index in [1.54, 1.807) is 0 Å².